The minimum atomic E-state index is -4.33. The van der Waals surface area contributed by atoms with E-state index in [1.54, 1.807) is 0 Å². The third-order valence-corrected chi connectivity index (χ3v) is 0. The van der Waals surface area contributed by atoms with Crippen LogP contribution in [0, 0.1) is 0 Å². The molecule has 0 saturated carbocycles. The molecule has 64 valence electrons. The molecule has 0 aliphatic rings. The number of rotatable bonds is 0. The first-order chi connectivity index (χ1) is 4.00. The van der Waals surface area contributed by atoms with Crippen molar-refractivity contribution in [2.45, 2.75) is 0 Å². The second kappa shape index (κ2) is 11.1. The number of hydrogen-bond donors (Lipinski definition) is 0. The largest absolute Gasteiger partial charge is 2.00 e. The van der Waals surface area contributed by atoms with Crippen molar-refractivity contribution >= 4 is 135 Å². The van der Waals surface area contributed by atoms with Gasteiger partial charge in [-0.25, -0.2) is 0 Å². The predicted molar refractivity (Wildman–Crippen MR) is 45.6 cm³/mol. The van der Waals surface area contributed by atoms with E-state index in [4.69, 9.17) is 26.6 Å². The molecule has 0 aliphatic heterocycles. The molecular weight excluding hydrogens is 449 g/mol. The van der Waals surface area contributed by atoms with Crippen molar-refractivity contribution in [3.8, 4) is 0 Å². The van der Waals surface area contributed by atoms with Gasteiger partial charge in [-0.1, -0.05) is 0 Å². The molecule has 0 rings (SSSR count). The van der Waals surface area contributed by atoms with Crippen LogP contribution >= 0.6 is 0 Å². The van der Waals surface area contributed by atoms with Crippen LogP contribution in [0.5, 0.6) is 0 Å². The molecule has 0 aromatic rings. The minimum Gasteiger partial charge on any atom is -0.780 e. The van der Waals surface area contributed by atoms with Crippen molar-refractivity contribution in [2.75, 3.05) is 0 Å². The van der Waals surface area contributed by atoms with Crippen LogP contribution in [0.15, 0.2) is 0 Å². The van der Waals surface area contributed by atoms with E-state index in [0.717, 1.165) is 0 Å². The topological polar surface area (TPSA) is 126 Å². The van der Waals surface area contributed by atoms with E-state index in [0.29, 0.717) is 0 Å². The van der Waals surface area contributed by atoms with Gasteiger partial charge >= 0.3 is 94.4 Å². The summed E-state index contributed by atoms with van der Waals surface area (Å²) in [6.07, 6.45) is 0. The third-order valence-electron chi connectivity index (χ3n) is 0. The fourth-order valence-electron chi connectivity index (χ4n) is 0. The van der Waals surface area contributed by atoms with Gasteiger partial charge in [0.1, 0.15) is 0 Å². The van der Waals surface area contributed by atoms with Crippen LogP contribution in [0.4, 0.5) is 0 Å². The standard InChI is InChI=1S/Ba.2H2O3S2.Sr/c;2*1-5(2,3)4;/h;2*(H2,1,2,3,4);/q+2;;;+2/p-4. The summed E-state index contributed by atoms with van der Waals surface area (Å²) in [6, 6.07) is 0. The summed E-state index contributed by atoms with van der Waals surface area (Å²) in [4.78, 5) is 0. The first kappa shape index (κ1) is 24.7. The average molecular weight is 449 g/mol. The molecule has 0 heterocycles. The Hall–Kier alpha value is 3.63. The van der Waals surface area contributed by atoms with E-state index in [2.05, 4.69) is 22.4 Å². The molecule has 0 bridgehead atoms. The molecule has 12 heteroatoms. The molecule has 0 amide bonds. The Morgan fingerprint density at radius 3 is 0.833 bits per heavy atom. The zero-order chi connectivity index (χ0) is 9.00. The quantitative estimate of drug-likeness (QED) is 0.364. The Morgan fingerprint density at radius 1 is 0.833 bits per heavy atom. The zero-order valence-electron chi connectivity index (χ0n) is 5.50. The summed E-state index contributed by atoms with van der Waals surface area (Å²) in [5.41, 5.74) is 0. The summed E-state index contributed by atoms with van der Waals surface area (Å²) < 4.78 is 53.3. The van der Waals surface area contributed by atoms with Crippen molar-refractivity contribution in [3.63, 3.8) is 0 Å². The third kappa shape index (κ3) is 165. The fourth-order valence-corrected chi connectivity index (χ4v) is 0. The molecular formula is BaO6S4Sr. The van der Waals surface area contributed by atoms with E-state index >= 15 is 0 Å². The van der Waals surface area contributed by atoms with Crippen LogP contribution in [0.1, 0.15) is 0 Å². The van der Waals surface area contributed by atoms with Gasteiger partial charge in [-0.05, 0) is 22.4 Å². The van der Waals surface area contributed by atoms with Crippen molar-refractivity contribution in [3.05, 3.63) is 0 Å². The summed E-state index contributed by atoms with van der Waals surface area (Å²) in [5, 5.41) is 0. The van der Waals surface area contributed by atoms with Crippen molar-refractivity contribution < 1.29 is 26.6 Å². The van der Waals surface area contributed by atoms with Crippen LogP contribution in [0.3, 0.4) is 0 Å². The van der Waals surface area contributed by atoms with Crippen LogP contribution in [0.25, 0.3) is 0 Å². The van der Waals surface area contributed by atoms with E-state index in [9.17, 15) is 0 Å². The van der Waals surface area contributed by atoms with Gasteiger partial charge < -0.3 is 18.2 Å². The minimum absolute atomic E-state index is 0. The molecule has 0 atom stereocenters. The normalized spacial score (nSPS) is 9.67. The van der Waals surface area contributed by atoms with Crippen LogP contribution in [-0.4, -0.2) is 121 Å². The zero-order valence-corrected chi connectivity index (χ0v) is 16.7. The Bertz CT molecular complexity index is 216. The molecule has 0 spiro atoms. The van der Waals surface area contributed by atoms with Crippen molar-refractivity contribution in [2.24, 2.45) is 0 Å². The van der Waals surface area contributed by atoms with Gasteiger partial charge in [0, 0.05) is 0 Å². The first-order valence-corrected chi connectivity index (χ1v) is 6.00. The molecule has 6 nitrogen and oxygen atoms in total. The molecule has 0 radical (unpaired) electrons. The van der Waals surface area contributed by atoms with Gasteiger partial charge in [0.25, 0.3) is 0 Å². The van der Waals surface area contributed by atoms with Crippen LogP contribution in [-0.2, 0) is 40.5 Å². The maximum absolute atomic E-state index is 8.89. The molecule has 0 fully saturated rings. The predicted octanol–water partition coefficient (Wildman–Crippen LogP) is -2.77. The van der Waals surface area contributed by atoms with Gasteiger partial charge in [-0.2, -0.15) is 0 Å². The van der Waals surface area contributed by atoms with E-state index in [-0.39, 0.29) is 94.4 Å². The summed E-state index contributed by atoms with van der Waals surface area (Å²) in [6.45, 7) is 0. The summed E-state index contributed by atoms with van der Waals surface area (Å²) in [7, 11) is -8.67. The summed E-state index contributed by atoms with van der Waals surface area (Å²) in [5.74, 6) is 0. The molecule has 0 aromatic heterocycles. The smallest absolute Gasteiger partial charge is 0.780 e. The van der Waals surface area contributed by atoms with Gasteiger partial charge in [0.15, 0.2) is 0 Å². The van der Waals surface area contributed by atoms with Gasteiger partial charge in [0.05, 0.1) is 0 Å². The van der Waals surface area contributed by atoms with Gasteiger partial charge in [-0.3, -0.25) is 8.42 Å². The number of hydrogen-bond acceptors (Lipinski definition) is 8. The van der Waals surface area contributed by atoms with Crippen LogP contribution in [0.2, 0.25) is 0 Å². The molecule has 0 aromatic carbocycles. The van der Waals surface area contributed by atoms with Gasteiger partial charge in [0.2, 0.25) is 0 Å². The molecule has 12 heavy (non-hydrogen) atoms. The molecule has 0 saturated heterocycles. The Balaban J connectivity index is -0.0000000457. The Morgan fingerprint density at radius 2 is 0.833 bits per heavy atom. The van der Waals surface area contributed by atoms with Crippen molar-refractivity contribution in [1.82, 2.24) is 0 Å². The maximum Gasteiger partial charge on any atom is 2.00 e. The SMILES string of the molecule is O=S([O-])([O-])=S.O=S([O-])([O-])=S.[Ba+2].[Sr+2]. The second-order valence-electron chi connectivity index (χ2n) is 0.816. The molecule has 0 N–H and O–H groups in total. The van der Waals surface area contributed by atoms with E-state index < -0.39 is 18.1 Å². The molecule has 0 unspecified atom stereocenters. The average Bonchev–Trinajstić information content (AvgIpc) is 1.12. The second-order valence-corrected chi connectivity index (χ2v) is 4.90. The maximum atomic E-state index is 8.89. The fraction of sp³-hybridized carbons (Fsp3) is 0. The van der Waals surface area contributed by atoms with E-state index in [1.807, 2.05) is 0 Å². The van der Waals surface area contributed by atoms with Gasteiger partial charge in [-0.15, -0.1) is 18.1 Å². The Labute approximate surface area is 157 Å². The molecule has 0 aliphatic carbocycles. The Kier molecular flexibility index (Phi) is 22.9. The summed E-state index contributed by atoms with van der Waals surface area (Å²) >= 11 is 6.49. The van der Waals surface area contributed by atoms with Crippen molar-refractivity contribution in [1.29, 1.82) is 0 Å². The first-order valence-electron chi connectivity index (χ1n) is 1.33. The van der Waals surface area contributed by atoms with Crippen LogP contribution < -0.4 is 0 Å². The van der Waals surface area contributed by atoms with E-state index in [1.165, 1.54) is 0 Å². The monoisotopic (exact) mass is 450 g/mol.